The van der Waals surface area contributed by atoms with Crippen LogP contribution in [-0.4, -0.2) is 32.9 Å². The summed E-state index contributed by atoms with van der Waals surface area (Å²) in [5.41, 5.74) is 1.10. The third-order valence-corrected chi connectivity index (χ3v) is 4.20. The number of nitrogens with zero attached hydrogens (tertiary/aromatic N) is 3. The molecule has 22 heavy (non-hydrogen) atoms. The third kappa shape index (κ3) is 3.03. The Hall–Kier alpha value is -1.79. The van der Waals surface area contributed by atoms with Gasteiger partial charge in [-0.3, -0.25) is 9.58 Å². The maximum Gasteiger partial charge on any atom is 0.129 e. The molecule has 6 heteroatoms. The SMILES string of the molecule is Cn1cc([C@H]2CCCN2C[C@H](O)c2cc(F)ccc2F)cn1. The average Bonchev–Trinajstić information content (AvgIpc) is 3.10. The number of likely N-dealkylation sites (tertiary alicyclic amines) is 1. The second kappa shape index (κ2) is 6.14. The van der Waals surface area contributed by atoms with Crippen molar-refractivity contribution in [3.05, 3.63) is 53.4 Å². The van der Waals surface area contributed by atoms with E-state index in [1.54, 1.807) is 4.68 Å². The minimum absolute atomic E-state index is 0.0110. The lowest BCUT2D eigenvalue weighted by Crippen LogP contribution is -2.28. The molecule has 2 atom stereocenters. The van der Waals surface area contributed by atoms with Gasteiger partial charge in [0.2, 0.25) is 0 Å². The fourth-order valence-electron chi connectivity index (χ4n) is 3.12. The number of benzene rings is 1. The summed E-state index contributed by atoms with van der Waals surface area (Å²) in [5.74, 6) is -1.12. The maximum absolute atomic E-state index is 13.8. The third-order valence-electron chi connectivity index (χ3n) is 4.20. The quantitative estimate of drug-likeness (QED) is 0.944. The molecule has 1 aliphatic rings. The Labute approximate surface area is 128 Å². The van der Waals surface area contributed by atoms with Gasteiger partial charge in [-0.25, -0.2) is 8.78 Å². The van der Waals surface area contributed by atoms with E-state index in [9.17, 15) is 13.9 Å². The Balaban J connectivity index is 1.75. The van der Waals surface area contributed by atoms with Crippen LogP contribution in [0.3, 0.4) is 0 Å². The molecule has 0 unspecified atom stereocenters. The van der Waals surface area contributed by atoms with E-state index in [1.807, 2.05) is 19.4 Å². The molecule has 118 valence electrons. The van der Waals surface area contributed by atoms with Gasteiger partial charge >= 0.3 is 0 Å². The van der Waals surface area contributed by atoms with E-state index in [0.717, 1.165) is 43.1 Å². The summed E-state index contributed by atoms with van der Waals surface area (Å²) >= 11 is 0. The van der Waals surface area contributed by atoms with Crippen molar-refractivity contribution in [3.63, 3.8) is 0 Å². The lowest BCUT2D eigenvalue weighted by atomic mass is 10.1. The molecule has 0 bridgehead atoms. The smallest absolute Gasteiger partial charge is 0.129 e. The molecule has 2 heterocycles. The average molecular weight is 307 g/mol. The van der Waals surface area contributed by atoms with Crippen LogP contribution in [0.1, 0.15) is 36.1 Å². The number of aliphatic hydroxyl groups excluding tert-OH is 1. The fourth-order valence-corrected chi connectivity index (χ4v) is 3.12. The Morgan fingerprint density at radius 1 is 1.41 bits per heavy atom. The van der Waals surface area contributed by atoms with Crippen LogP contribution in [0.4, 0.5) is 8.78 Å². The summed E-state index contributed by atoms with van der Waals surface area (Å²) in [6.07, 6.45) is 4.71. The van der Waals surface area contributed by atoms with Crippen LogP contribution in [0, 0.1) is 11.6 Å². The number of hydrogen-bond donors (Lipinski definition) is 1. The largest absolute Gasteiger partial charge is 0.387 e. The molecule has 1 N–H and O–H groups in total. The zero-order valence-electron chi connectivity index (χ0n) is 12.4. The van der Waals surface area contributed by atoms with Gasteiger partial charge in [-0.05, 0) is 37.6 Å². The molecule has 0 saturated carbocycles. The molecular formula is C16H19F2N3O. The predicted molar refractivity (Wildman–Crippen MR) is 78.1 cm³/mol. The van der Waals surface area contributed by atoms with Gasteiger partial charge in [0, 0.05) is 37.0 Å². The first-order valence-corrected chi connectivity index (χ1v) is 7.40. The van der Waals surface area contributed by atoms with Crippen molar-refractivity contribution in [1.29, 1.82) is 0 Å². The number of aliphatic hydroxyl groups is 1. The van der Waals surface area contributed by atoms with E-state index in [1.165, 1.54) is 0 Å². The number of halogens is 2. The predicted octanol–water partition coefficient (Wildman–Crippen LogP) is 2.57. The maximum atomic E-state index is 13.8. The highest BCUT2D eigenvalue weighted by Crippen LogP contribution is 2.33. The van der Waals surface area contributed by atoms with Crippen LogP contribution in [0.25, 0.3) is 0 Å². The van der Waals surface area contributed by atoms with E-state index in [-0.39, 0.29) is 18.2 Å². The molecule has 1 fully saturated rings. The minimum Gasteiger partial charge on any atom is -0.387 e. The zero-order chi connectivity index (χ0) is 15.7. The van der Waals surface area contributed by atoms with Crippen LogP contribution in [-0.2, 0) is 7.05 Å². The summed E-state index contributed by atoms with van der Waals surface area (Å²) in [5, 5.41) is 14.5. The first kappa shape index (κ1) is 15.1. The van der Waals surface area contributed by atoms with Crippen LogP contribution in [0.5, 0.6) is 0 Å². The number of aryl methyl sites for hydroxylation is 1. The Morgan fingerprint density at radius 2 is 2.23 bits per heavy atom. The number of rotatable bonds is 4. The van der Waals surface area contributed by atoms with Crippen LogP contribution < -0.4 is 0 Å². The molecule has 0 amide bonds. The lowest BCUT2D eigenvalue weighted by molar-refractivity contribution is 0.103. The van der Waals surface area contributed by atoms with E-state index in [2.05, 4.69) is 10.00 Å². The van der Waals surface area contributed by atoms with Crippen molar-refractivity contribution in [1.82, 2.24) is 14.7 Å². The van der Waals surface area contributed by atoms with Gasteiger partial charge in [-0.2, -0.15) is 5.10 Å². The topological polar surface area (TPSA) is 41.3 Å². The summed E-state index contributed by atoms with van der Waals surface area (Å²) < 4.78 is 28.8. The molecular weight excluding hydrogens is 288 g/mol. The van der Waals surface area contributed by atoms with Gasteiger partial charge in [-0.15, -0.1) is 0 Å². The first-order valence-electron chi connectivity index (χ1n) is 7.40. The molecule has 1 aromatic carbocycles. The van der Waals surface area contributed by atoms with Crippen LogP contribution in [0.15, 0.2) is 30.6 Å². The Kier molecular flexibility index (Phi) is 4.22. The van der Waals surface area contributed by atoms with Crippen molar-refractivity contribution in [2.24, 2.45) is 7.05 Å². The molecule has 2 aromatic rings. The summed E-state index contributed by atoms with van der Waals surface area (Å²) in [6.45, 7) is 1.10. The molecule has 1 aliphatic heterocycles. The Bertz CT molecular complexity index is 659. The second-order valence-corrected chi connectivity index (χ2v) is 5.78. The van der Waals surface area contributed by atoms with Crippen molar-refractivity contribution >= 4 is 0 Å². The van der Waals surface area contributed by atoms with E-state index < -0.39 is 17.7 Å². The molecule has 1 saturated heterocycles. The van der Waals surface area contributed by atoms with Crippen LogP contribution in [0.2, 0.25) is 0 Å². The fraction of sp³-hybridized carbons (Fsp3) is 0.438. The van der Waals surface area contributed by atoms with Crippen molar-refractivity contribution in [2.45, 2.75) is 25.0 Å². The molecule has 4 nitrogen and oxygen atoms in total. The lowest BCUT2D eigenvalue weighted by Gasteiger charge is -2.26. The Morgan fingerprint density at radius 3 is 2.95 bits per heavy atom. The molecule has 0 radical (unpaired) electrons. The van der Waals surface area contributed by atoms with Gasteiger partial charge in [0.15, 0.2) is 0 Å². The van der Waals surface area contributed by atoms with Crippen LogP contribution >= 0.6 is 0 Å². The number of hydrogen-bond acceptors (Lipinski definition) is 3. The van der Waals surface area contributed by atoms with Crippen molar-refractivity contribution in [3.8, 4) is 0 Å². The number of β-amino-alcohol motifs (C(OH)–C–C–N with tert-alkyl or cyclic N) is 1. The summed E-state index contributed by atoms with van der Waals surface area (Å²) in [6, 6.07) is 3.34. The van der Waals surface area contributed by atoms with Gasteiger partial charge < -0.3 is 5.11 Å². The molecule has 1 aromatic heterocycles. The summed E-state index contributed by atoms with van der Waals surface area (Å²) in [4.78, 5) is 2.10. The summed E-state index contributed by atoms with van der Waals surface area (Å²) in [7, 11) is 1.86. The highest BCUT2D eigenvalue weighted by Gasteiger charge is 2.29. The minimum atomic E-state index is -1.05. The van der Waals surface area contributed by atoms with Crippen molar-refractivity contribution in [2.75, 3.05) is 13.1 Å². The standard InChI is InChI=1S/C16H19F2N3O/c1-20-9-11(8-19-20)15-3-2-6-21(15)10-16(22)13-7-12(17)4-5-14(13)18/h4-5,7-9,15-16,22H,2-3,6,10H2,1H3/t15-,16+/m1/s1. The molecule has 3 rings (SSSR count). The van der Waals surface area contributed by atoms with E-state index in [4.69, 9.17) is 0 Å². The number of aromatic nitrogens is 2. The molecule has 0 spiro atoms. The normalized spacial score (nSPS) is 20.5. The monoisotopic (exact) mass is 307 g/mol. The second-order valence-electron chi connectivity index (χ2n) is 5.78. The van der Waals surface area contributed by atoms with E-state index >= 15 is 0 Å². The van der Waals surface area contributed by atoms with Gasteiger partial charge in [0.25, 0.3) is 0 Å². The van der Waals surface area contributed by atoms with E-state index in [0.29, 0.717) is 0 Å². The van der Waals surface area contributed by atoms with Crippen molar-refractivity contribution < 1.29 is 13.9 Å². The first-order chi connectivity index (χ1) is 10.5. The highest BCUT2D eigenvalue weighted by molar-refractivity contribution is 5.22. The van der Waals surface area contributed by atoms with Gasteiger partial charge in [0.1, 0.15) is 11.6 Å². The molecule has 0 aliphatic carbocycles. The highest BCUT2D eigenvalue weighted by atomic mass is 19.1. The van der Waals surface area contributed by atoms with Gasteiger partial charge in [0.05, 0.1) is 12.3 Å². The van der Waals surface area contributed by atoms with Gasteiger partial charge in [-0.1, -0.05) is 0 Å². The zero-order valence-corrected chi connectivity index (χ0v) is 12.4.